The number of rotatable bonds is 6. The van der Waals surface area contributed by atoms with Crippen molar-refractivity contribution in [1.29, 1.82) is 0 Å². The Kier molecular flexibility index (Phi) is 4.94. The first-order valence-electron chi connectivity index (χ1n) is 5.13. The maximum absolute atomic E-state index is 11.6. The fraction of sp³-hybridized carbons (Fsp3) is 1.00. The van der Waals surface area contributed by atoms with Crippen molar-refractivity contribution in [1.82, 2.24) is 14.3 Å². The van der Waals surface area contributed by atoms with Crippen LogP contribution in [0.2, 0.25) is 0 Å². The Morgan fingerprint density at radius 1 is 1.60 bits per heavy atom. The van der Waals surface area contributed by atoms with Gasteiger partial charge < -0.3 is 10.4 Å². The SMILES string of the molecule is CNS(=O)(=O)N(CCO)CC1CCCN1. The van der Waals surface area contributed by atoms with Crippen LogP contribution in [0.4, 0.5) is 0 Å². The fourth-order valence-corrected chi connectivity index (χ4v) is 2.66. The van der Waals surface area contributed by atoms with Gasteiger partial charge >= 0.3 is 0 Å². The molecule has 1 atom stereocenters. The highest BCUT2D eigenvalue weighted by Crippen LogP contribution is 2.08. The molecule has 1 saturated heterocycles. The van der Waals surface area contributed by atoms with Gasteiger partial charge in [-0.25, -0.2) is 4.72 Å². The van der Waals surface area contributed by atoms with E-state index in [4.69, 9.17) is 5.11 Å². The first-order valence-corrected chi connectivity index (χ1v) is 6.57. The Morgan fingerprint density at radius 2 is 2.33 bits per heavy atom. The third-order valence-electron chi connectivity index (χ3n) is 2.53. The normalized spacial score (nSPS) is 22.5. The summed E-state index contributed by atoms with van der Waals surface area (Å²) in [6, 6.07) is 0.208. The first-order chi connectivity index (χ1) is 7.10. The van der Waals surface area contributed by atoms with Crippen molar-refractivity contribution in [2.45, 2.75) is 18.9 Å². The summed E-state index contributed by atoms with van der Waals surface area (Å²) in [5, 5.41) is 12.0. The summed E-state index contributed by atoms with van der Waals surface area (Å²) in [5.41, 5.74) is 0. The van der Waals surface area contributed by atoms with Crippen LogP contribution in [-0.4, -0.2) is 57.2 Å². The van der Waals surface area contributed by atoms with Gasteiger partial charge in [-0.1, -0.05) is 0 Å². The van der Waals surface area contributed by atoms with Gasteiger partial charge in [0.15, 0.2) is 0 Å². The number of nitrogens with zero attached hydrogens (tertiary/aromatic N) is 1. The highest BCUT2D eigenvalue weighted by molar-refractivity contribution is 7.87. The predicted octanol–water partition coefficient (Wildman–Crippen LogP) is -1.50. The molecule has 1 heterocycles. The lowest BCUT2D eigenvalue weighted by Crippen LogP contribution is -2.46. The summed E-state index contributed by atoms with van der Waals surface area (Å²) in [7, 11) is -2.05. The zero-order valence-electron chi connectivity index (χ0n) is 8.94. The van der Waals surface area contributed by atoms with Crippen LogP contribution in [0.5, 0.6) is 0 Å². The summed E-state index contributed by atoms with van der Waals surface area (Å²) < 4.78 is 26.6. The monoisotopic (exact) mass is 237 g/mol. The predicted molar refractivity (Wildman–Crippen MR) is 57.7 cm³/mol. The van der Waals surface area contributed by atoms with E-state index in [2.05, 4.69) is 10.0 Å². The van der Waals surface area contributed by atoms with E-state index in [9.17, 15) is 8.42 Å². The average Bonchev–Trinajstić information content (AvgIpc) is 2.70. The van der Waals surface area contributed by atoms with Crippen LogP contribution in [0.15, 0.2) is 0 Å². The molecule has 6 nitrogen and oxygen atoms in total. The lowest BCUT2D eigenvalue weighted by Gasteiger charge is -2.23. The third kappa shape index (κ3) is 3.69. The van der Waals surface area contributed by atoms with Crippen LogP contribution in [0.25, 0.3) is 0 Å². The molecule has 15 heavy (non-hydrogen) atoms. The molecule has 90 valence electrons. The molecule has 0 aromatic heterocycles. The van der Waals surface area contributed by atoms with E-state index in [1.807, 2.05) is 0 Å². The Hall–Kier alpha value is -0.210. The number of hydrogen-bond acceptors (Lipinski definition) is 4. The van der Waals surface area contributed by atoms with Crippen LogP contribution >= 0.6 is 0 Å². The van der Waals surface area contributed by atoms with Crippen LogP contribution in [0, 0.1) is 0 Å². The number of aliphatic hydroxyl groups excluding tert-OH is 1. The Bertz CT molecular complexity index is 275. The molecule has 0 aromatic carbocycles. The van der Waals surface area contributed by atoms with E-state index in [1.165, 1.54) is 11.4 Å². The summed E-state index contributed by atoms with van der Waals surface area (Å²) >= 11 is 0. The summed E-state index contributed by atoms with van der Waals surface area (Å²) in [6.07, 6.45) is 2.07. The topological polar surface area (TPSA) is 81.7 Å². The van der Waals surface area contributed by atoms with Gasteiger partial charge in [-0.15, -0.1) is 0 Å². The van der Waals surface area contributed by atoms with Crippen molar-refractivity contribution < 1.29 is 13.5 Å². The smallest absolute Gasteiger partial charge is 0.279 e. The first kappa shape index (κ1) is 12.9. The minimum absolute atomic E-state index is 0.140. The quantitative estimate of drug-likeness (QED) is 0.525. The molecule has 1 aliphatic heterocycles. The summed E-state index contributed by atoms with van der Waals surface area (Å²) in [5.74, 6) is 0. The second-order valence-electron chi connectivity index (χ2n) is 3.58. The van der Waals surface area contributed by atoms with Crippen molar-refractivity contribution >= 4 is 10.2 Å². The van der Waals surface area contributed by atoms with Crippen molar-refractivity contribution in [2.75, 3.05) is 33.3 Å². The van der Waals surface area contributed by atoms with E-state index in [-0.39, 0.29) is 19.2 Å². The molecule has 1 rings (SSSR count). The summed E-state index contributed by atoms with van der Waals surface area (Å²) in [6.45, 7) is 1.34. The molecule has 1 fully saturated rings. The van der Waals surface area contributed by atoms with Crippen LogP contribution in [0.1, 0.15) is 12.8 Å². The lowest BCUT2D eigenvalue weighted by molar-refractivity contribution is 0.245. The standard InChI is InChI=1S/C8H19N3O3S/c1-9-15(13,14)11(5-6-12)7-8-3-2-4-10-8/h8-10,12H,2-7H2,1H3. The molecular formula is C8H19N3O3S. The van der Waals surface area contributed by atoms with E-state index in [0.29, 0.717) is 6.54 Å². The highest BCUT2D eigenvalue weighted by atomic mass is 32.2. The average molecular weight is 237 g/mol. The number of nitrogens with one attached hydrogen (secondary N) is 2. The minimum atomic E-state index is -3.43. The van der Waals surface area contributed by atoms with Crippen molar-refractivity contribution in [2.24, 2.45) is 0 Å². The van der Waals surface area contributed by atoms with Crippen molar-refractivity contribution in [3.05, 3.63) is 0 Å². The van der Waals surface area contributed by atoms with Crippen molar-refractivity contribution in [3.8, 4) is 0 Å². The molecule has 0 saturated carbocycles. The second kappa shape index (κ2) is 5.76. The van der Waals surface area contributed by atoms with Crippen LogP contribution in [0.3, 0.4) is 0 Å². The molecule has 0 spiro atoms. The second-order valence-corrected chi connectivity index (χ2v) is 5.46. The van der Waals surface area contributed by atoms with Gasteiger partial charge in [0.1, 0.15) is 0 Å². The highest BCUT2D eigenvalue weighted by Gasteiger charge is 2.24. The minimum Gasteiger partial charge on any atom is -0.395 e. The van der Waals surface area contributed by atoms with Crippen LogP contribution in [-0.2, 0) is 10.2 Å². The Balaban J connectivity index is 2.57. The van der Waals surface area contributed by atoms with Gasteiger partial charge in [-0.2, -0.15) is 12.7 Å². The van der Waals surface area contributed by atoms with Gasteiger partial charge in [0, 0.05) is 26.2 Å². The maximum atomic E-state index is 11.6. The van der Waals surface area contributed by atoms with Gasteiger partial charge in [0.05, 0.1) is 6.61 Å². The molecule has 3 N–H and O–H groups in total. The molecule has 0 radical (unpaired) electrons. The molecule has 1 unspecified atom stereocenters. The molecule has 0 aromatic rings. The zero-order chi connectivity index (χ0) is 11.3. The van der Waals surface area contributed by atoms with Gasteiger partial charge in [0.2, 0.25) is 0 Å². The molecule has 0 amide bonds. The Labute approximate surface area is 90.8 Å². The largest absolute Gasteiger partial charge is 0.395 e. The number of aliphatic hydroxyl groups is 1. The molecular weight excluding hydrogens is 218 g/mol. The van der Waals surface area contributed by atoms with Crippen molar-refractivity contribution in [3.63, 3.8) is 0 Å². The molecule has 1 aliphatic rings. The van der Waals surface area contributed by atoms with E-state index < -0.39 is 10.2 Å². The molecule has 0 aliphatic carbocycles. The van der Waals surface area contributed by atoms with Gasteiger partial charge in [-0.05, 0) is 19.4 Å². The van der Waals surface area contributed by atoms with E-state index >= 15 is 0 Å². The number of hydrogen-bond donors (Lipinski definition) is 3. The van der Waals surface area contributed by atoms with Crippen LogP contribution < -0.4 is 10.0 Å². The molecule has 0 bridgehead atoms. The fourth-order valence-electron chi connectivity index (χ4n) is 1.71. The van der Waals surface area contributed by atoms with E-state index in [0.717, 1.165) is 19.4 Å². The van der Waals surface area contributed by atoms with Gasteiger partial charge in [0.25, 0.3) is 10.2 Å². The Morgan fingerprint density at radius 3 is 2.80 bits per heavy atom. The zero-order valence-corrected chi connectivity index (χ0v) is 9.76. The maximum Gasteiger partial charge on any atom is 0.279 e. The van der Waals surface area contributed by atoms with E-state index in [1.54, 1.807) is 0 Å². The summed E-state index contributed by atoms with van der Waals surface area (Å²) in [4.78, 5) is 0. The lowest BCUT2D eigenvalue weighted by atomic mass is 10.2. The molecule has 7 heteroatoms. The van der Waals surface area contributed by atoms with Gasteiger partial charge in [-0.3, -0.25) is 0 Å². The third-order valence-corrected chi connectivity index (χ3v) is 4.06.